The Labute approximate surface area is 470 Å². The number of cyclic esters (lactones) is 1. The molecule has 0 bridgehead atoms. The van der Waals surface area contributed by atoms with Gasteiger partial charge in [-0.1, -0.05) is 37.3 Å². The molecule has 0 saturated heterocycles. The number of benzene rings is 2. The van der Waals surface area contributed by atoms with Gasteiger partial charge in [0, 0.05) is 54.1 Å². The third-order valence-corrected chi connectivity index (χ3v) is 14.9. The van der Waals surface area contributed by atoms with Crippen LogP contribution in [0, 0.1) is 12.7 Å². The van der Waals surface area contributed by atoms with Crippen molar-refractivity contribution < 1.29 is 81.9 Å². The number of aliphatic carboxylic acids is 2. The van der Waals surface area contributed by atoms with Crippen molar-refractivity contribution in [2.45, 2.75) is 108 Å². The summed E-state index contributed by atoms with van der Waals surface area (Å²) in [6, 6.07) is 6.16. The number of esters is 1. The van der Waals surface area contributed by atoms with Crippen LogP contribution >= 0.6 is 0 Å². The van der Waals surface area contributed by atoms with Crippen molar-refractivity contribution in [2.24, 2.45) is 0 Å². The highest BCUT2D eigenvalue weighted by molar-refractivity contribution is 6.15. The number of nitrogens with one attached hydrogen (secondary N) is 7. The van der Waals surface area contributed by atoms with Crippen LogP contribution in [0.4, 0.5) is 4.39 Å². The number of carboxylic acid groups (broad SMARTS) is 2. The molecule has 1 aliphatic carbocycles. The first-order valence-corrected chi connectivity index (χ1v) is 26.4. The maximum atomic E-state index is 15.4. The number of hydrogen-bond acceptors (Lipinski definition) is 17. The topological polar surface area (TPSA) is 389 Å². The van der Waals surface area contributed by atoms with E-state index < -0.39 is 158 Å². The molecule has 28 heteroatoms. The molecule has 2 aromatic heterocycles. The molecule has 2 unspecified atom stereocenters. The van der Waals surface area contributed by atoms with Gasteiger partial charge in [0.2, 0.25) is 35.4 Å². The number of nitrogens with zero attached hydrogens (tertiary/aromatic N) is 3. The van der Waals surface area contributed by atoms with Crippen molar-refractivity contribution in [1.82, 2.24) is 51.7 Å². The molecule has 27 nitrogen and oxygen atoms in total. The maximum absolute atomic E-state index is 15.4. The number of aliphatic hydroxyl groups is 1. The van der Waals surface area contributed by atoms with Crippen LogP contribution in [0.25, 0.3) is 22.3 Å². The van der Waals surface area contributed by atoms with Gasteiger partial charge in [-0.3, -0.25) is 57.6 Å². The molecule has 4 aliphatic rings. The molecule has 438 valence electrons. The van der Waals surface area contributed by atoms with Gasteiger partial charge in [-0.25, -0.2) is 14.2 Å². The lowest BCUT2D eigenvalue weighted by atomic mass is 9.81. The molecule has 0 fully saturated rings. The second-order valence-electron chi connectivity index (χ2n) is 20.1. The average molecular weight is 1150 g/mol. The molecule has 10 N–H and O–H groups in total. The number of rotatable bonds is 25. The van der Waals surface area contributed by atoms with Gasteiger partial charge in [0.15, 0.2) is 5.60 Å². The Bertz CT molecular complexity index is 3440. The zero-order valence-electron chi connectivity index (χ0n) is 45.1. The van der Waals surface area contributed by atoms with E-state index in [9.17, 15) is 67.7 Å². The number of pyridine rings is 2. The Hall–Kier alpha value is -9.28. The molecule has 0 spiro atoms. The van der Waals surface area contributed by atoms with E-state index >= 15 is 4.39 Å². The van der Waals surface area contributed by atoms with E-state index in [1.54, 1.807) is 50.2 Å². The first-order valence-electron chi connectivity index (χ1n) is 26.4. The monoisotopic (exact) mass is 1150 g/mol. The third-order valence-electron chi connectivity index (χ3n) is 14.9. The molecule has 83 heavy (non-hydrogen) atoms. The Balaban J connectivity index is 0.841. The maximum Gasteiger partial charge on any atom is 0.343 e. The van der Waals surface area contributed by atoms with Gasteiger partial charge in [-0.2, -0.15) is 0 Å². The van der Waals surface area contributed by atoms with Gasteiger partial charge >= 0.3 is 17.9 Å². The van der Waals surface area contributed by atoms with Crippen molar-refractivity contribution in [1.29, 1.82) is 0 Å². The summed E-state index contributed by atoms with van der Waals surface area (Å²) in [5.74, 6) is -11.0. The normalized spacial score (nSPS) is 17.9. The highest BCUT2D eigenvalue weighted by atomic mass is 19.1. The van der Waals surface area contributed by atoms with Crippen molar-refractivity contribution >= 4 is 76.1 Å². The van der Waals surface area contributed by atoms with E-state index in [0.717, 1.165) is 12.2 Å². The lowest BCUT2D eigenvalue weighted by Crippen LogP contribution is -2.57. The summed E-state index contributed by atoms with van der Waals surface area (Å²) in [5.41, 5.74) is 1.46. The Morgan fingerprint density at radius 2 is 1.53 bits per heavy atom. The minimum absolute atomic E-state index is 0.0181. The fraction of sp³-hybridized carbons (Fsp3) is 0.400. The van der Waals surface area contributed by atoms with E-state index in [-0.39, 0.29) is 42.6 Å². The minimum Gasteiger partial charge on any atom is -0.481 e. The summed E-state index contributed by atoms with van der Waals surface area (Å²) in [7, 11) is 0. The van der Waals surface area contributed by atoms with Crippen LogP contribution in [0.2, 0.25) is 0 Å². The Morgan fingerprint density at radius 3 is 2.20 bits per heavy atom. The number of aryl methyl sites for hydroxylation is 1. The number of hydrogen-bond donors (Lipinski definition) is 10. The first-order chi connectivity index (χ1) is 39.5. The zero-order chi connectivity index (χ0) is 60.0. The summed E-state index contributed by atoms with van der Waals surface area (Å²) in [5, 5.41) is 47.9. The fourth-order valence-electron chi connectivity index (χ4n) is 10.3. The number of carboxylic acids is 2. The summed E-state index contributed by atoms with van der Waals surface area (Å²) < 4.78 is 27.8. The lowest BCUT2D eigenvalue weighted by molar-refractivity contribution is -0.172. The van der Waals surface area contributed by atoms with E-state index in [0.29, 0.717) is 62.3 Å². The number of ether oxygens (including phenoxy) is 2. The molecule has 6 atom stereocenters. The van der Waals surface area contributed by atoms with Crippen molar-refractivity contribution in [3.05, 3.63) is 110 Å². The largest absolute Gasteiger partial charge is 0.481 e. The Kier molecular flexibility index (Phi) is 18.2. The van der Waals surface area contributed by atoms with E-state index in [4.69, 9.17) is 19.6 Å². The van der Waals surface area contributed by atoms with Gasteiger partial charge in [0.05, 0.1) is 54.7 Å². The molecular weight excluding hydrogens is 1090 g/mol. The average Bonchev–Trinajstić information content (AvgIpc) is 3.80. The van der Waals surface area contributed by atoms with Crippen LogP contribution < -0.4 is 42.8 Å². The molecule has 5 heterocycles. The SMILES string of the molecule is CC[C@@]1(O)C(=O)OCc2c1cc1n(c2=O)Cc2c-1nc1cc(F)c(C)c3c1c2[C@@H](NC(=O)[C@@H](C)OCNC(=O)CNC(=O)[C@H](Cc1ccccc1)NC(=O)CNC(=O)CNC(=O)C(CNC(CCC(=O)O)C(=O)O)N1C(=O)C=CC1=O)CC3. The van der Waals surface area contributed by atoms with Gasteiger partial charge in [0.1, 0.15) is 43.4 Å². The van der Waals surface area contributed by atoms with E-state index in [2.05, 4.69) is 37.2 Å². The molecule has 3 aliphatic heterocycles. The highest BCUT2D eigenvalue weighted by Gasteiger charge is 2.46. The van der Waals surface area contributed by atoms with Crippen LogP contribution in [0.15, 0.2) is 59.4 Å². The molecule has 2 aromatic carbocycles. The standard InChI is InChI=1S/C55H59FN10O17/c1-4-55(81)32-17-38-48-30(23-65(38)52(77)31(32)24-82-54(55)80)47-34(11-10-29-26(2)33(56)18-36(63-48)46(29)47)64-49(74)27(3)83-25-61-41(68)21-59-50(75)37(16-28-8-6-5-7-9-28)62-42(69)22-58-40(67)20-60-51(76)39(66-43(70)13-14-44(66)71)19-57-35(53(78)79)12-15-45(72)73/h5-9,13-14,17-18,27,34-35,37,39,57,81H,4,10-12,15-16,19-25H2,1-3H3,(H,58,67)(H,59,75)(H,60,76)(H,61,68)(H,62,69)(H,64,74)(H,72,73)(H,78,79)/t27-,34+,35?,37+,39?,55+/m1/s1. The van der Waals surface area contributed by atoms with Gasteiger partial charge in [-0.15, -0.1) is 0 Å². The number of fused-ring (bicyclic) bond motifs is 5. The number of aromatic nitrogens is 2. The second-order valence-corrected chi connectivity index (χ2v) is 20.1. The molecule has 0 radical (unpaired) electrons. The van der Waals surface area contributed by atoms with Crippen LogP contribution in [0.1, 0.15) is 84.5 Å². The number of carbonyl (C=O) groups is 11. The summed E-state index contributed by atoms with van der Waals surface area (Å²) in [6.45, 7) is 1.12. The van der Waals surface area contributed by atoms with Crippen molar-refractivity contribution in [3.63, 3.8) is 0 Å². The Morgan fingerprint density at radius 1 is 0.855 bits per heavy atom. The lowest BCUT2D eigenvalue weighted by Gasteiger charge is -2.31. The van der Waals surface area contributed by atoms with Crippen LogP contribution in [0.3, 0.4) is 0 Å². The van der Waals surface area contributed by atoms with Crippen molar-refractivity contribution in [3.8, 4) is 11.4 Å². The number of imide groups is 1. The third kappa shape index (κ3) is 12.9. The van der Waals surface area contributed by atoms with Crippen LogP contribution in [0.5, 0.6) is 0 Å². The summed E-state index contributed by atoms with van der Waals surface area (Å²) >= 11 is 0. The smallest absolute Gasteiger partial charge is 0.343 e. The van der Waals surface area contributed by atoms with Gasteiger partial charge in [-0.05, 0) is 67.9 Å². The molecule has 8 rings (SSSR count). The van der Waals surface area contributed by atoms with E-state index in [1.165, 1.54) is 17.6 Å². The second kappa shape index (κ2) is 25.2. The van der Waals surface area contributed by atoms with Gasteiger partial charge in [0.25, 0.3) is 17.4 Å². The van der Waals surface area contributed by atoms with Gasteiger partial charge < -0.3 is 66.6 Å². The first kappa shape index (κ1) is 59.8. The number of halogens is 1. The fourth-order valence-corrected chi connectivity index (χ4v) is 10.3. The summed E-state index contributed by atoms with van der Waals surface area (Å²) in [4.78, 5) is 159. The summed E-state index contributed by atoms with van der Waals surface area (Å²) in [6.07, 6.45) is 0.189. The van der Waals surface area contributed by atoms with E-state index in [1.807, 2.05) is 0 Å². The zero-order valence-corrected chi connectivity index (χ0v) is 45.1. The molecule has 0 saturated carbocycles. The predicted octanol–water partition coefficient (Wildman–Crippen LogP) is -1.61. The number of amides is 8. The number of carbonyl (C=O) groups excluding carboxylic acids is 9. The molecular formula is C55H59FN10O17. The van der Waals surface area contributed by atoms with Crippen LogP contribution in [-0.4, -0.2) is 152 Å². The quantitative estimate of drug-likeness (QED) is 0.0178. The molecule has 8 amide bonds. The minimum atomic E-state index is -2.08. The predicted molar refractivity (Wildman–Crippen MR) is 284 cm³/mol. The van der Waals surface area contributed by atoms with Crippen molar-refractivity contribution in [2.75, 3.05) is 32.9 Å². The molecule has 4 aromatic rings. The van der Waals surface area contributed by atoms with Crippen LogP contribution in [-0.2, 0) is 93.8 Å². The highest BCUT2D eigenvalue weighted by Crippen LogP contribution is 2.46.